The van der Waals surface area contributed by atoms with E-state index in [0.717, 1.165) is 24.5 Å². The Hall–Kier alpha value is -0.660. The van der Waals surface area contributed by atoms with Gasteiger partial charge in [0.05, 0.1) is 0 Å². The molecule has 1 atom stereocenters. The smallest absolute Gasteiger partial charge is 0.0297 e. The topological polar surface area (TPSA) is 38.0 Å². The average molecular weight is 126 g/mol. The van der Waals surface area contributed by atoms with E-state index in [0.29, 0.717) is 0 Å². The van der Waals surface area contributed by atoms with Gasteiger partial charge < -0.3 is 11.1 Å². The monoisotopic (exact) mass is 126 g/mol. The molecule has 1 aliphatic rings. The van der Waals surface area contributed by atoms with Gasteiger partial charge in [0, 0.05) is 18.4 Å². The first-order valence-electron chi connectivity index (χ1n) is 3.39. The van der Waals surface area contributed by atoms with E-state index in [1.807, 2.05) is 7.05 Å². The summed E-state index contributed by atoms with van der Waals surface area (Å²) >= 11 is 0. The molecule has 0 unspecified atom stereocenters. The van der Waals surface area contributed by atoms with E-state index in [9.17, 15) is 0 Å². The first-order chi connectivity index (χ1) is 4.24. The molecule has 2 nitrogen and oxygen atoms in total. The van der Waals surface area contributed by atoms with Crippen molar-refractivity contribution in [2.45, 2.75) is 19.8 Å². The van der Waals surface area contributed by atoms with Gasteiger partial charge in [0.25, 0.3) is 0 Å². The molecule has 2 heteroatoms. The summed E-state index contributed by atoms with van der Waals surface area (Å²) < 4.78 is 0. The highest BCUT2D eigenvalue weighted by molar-refractivity contribution is 5.15. The van der Waals surface area contributed by atoms with E-state index >= 15 is 0 Å². The van der Waals surface area contributed by atoms with Crippen molar-refractivity contribution in [3.63, 3.8) is 0 Å². The summed E-state index contributed by atoms with van der Waals surface area (Å²) in [6.45, 7) is 2.22. The van der Waals surface area contributed by atoms with Gasteiger partial charge in [0.1, 0.15) is 0 Å². The zero-order valence-corrected chi connectivity index (χ0v) is 6.07. The van der Waals surface area contributed by atoms with Gasteiger partial charge in [-0.3, -0.25) is 0 Å². The lowest BCUT2D eigenvalue weighted by Gasteiger charge is -2.00. The molecule has 0 aliphatic heterocycles. The van der Waals surface area contributed by atoms with Crippen LogP contribution in [0.4, 0.5) is 0 Å². The molecule has 0 fully saturated rings. The molecule has 0 heterocycles. The highest BCUT2D eigenvalue weighted by atomic mass is 14.9. The lowest BCUT2D eigenvalue weighted by atomic mass is 10.1. The minimum atomic E-state index is 0.743. The van der Waals surface area contributed by atoms with Crippen LogP contribution >= 0.6 is 0 Å². The van der Waals surface area contributed by atoms with Gasteiger partial charge in [-0.15, -0.1) is 0 Å². The maximum absolute atomic E-state index is 5.70. The third-order valence-electron chi connectivity index (χ3n) is 1.81. The van der Waals surface area contributed by atoms with E-state index in [2.05, 4.69) is 12.2 Å². The Morgan fingerprint density at radius 1 is 1.56 bits per heavy atom. The van der Waals surface area contributed by atoms with Crippen LogP contribution in [0.1, 0.15) is 19.8 Å². The van der Waals surface area contributed by atoms with Gasteiger partial charge >= 0.3 is 0 Å². The number of allylic oxidation sites excluding steroid dienone is 2. The number of hydrogen-bond acceptors (Lipinski definition) is 2. The predicted octanol–water partition coefficient (Wildman–Crippen LogP) is 0.806. The number of nitrogens with one attached hydrogen (secondary N) is 1. The molecule has 3 N–H and O–H groups in total. The van der Waals surface area contributed by atoms with Crippen LogP contribution in [0.3, 0.4) is 0 Å². The van der Waals surface area contributed by atoms with Crippen LogP contribution in [0, 0.1) is 5.92 Å². The standard InChI is InChI=1S/C7H14N2/c1-5-3-6(8)7(4-5)9-2/h5,9H,3-4,8H2,1-2H3/t5-/m0/s1. The molecule has 0 saturated heterocycles. The Morgan fingerprint density at radius 2 is 2.22 bits per heavy atom. The van der Waals surface area contributed by atoms with E-state index in [4.69, 9.17) is 5.73 Å². The average Bonchev–Trinajstić information content (AvgIpc) is 2.10. The fraction of sp³-hybridized carbons (Fsp3) is 0.714. The van der Waals surface area contributed by atoms with Crippen molar-refractivity contribution in [2.75, 3.05) is 7.05 Å². The highest BCUT2D eigenvalue weighted by Crippen LogP contribution is 2.25. The van der Waals surface area contributed by atoms with Gasteiger partial charge in [-0.2, -0.15) is 0 Å². The summed E-state index contributed by atoms with van der Waals surface area (Å²) in [6, 6.07) is 0. The van der Waals surface area contributed by atoms with Crippen LogP contribution in [-0.2, 0) is 0 Å². The summed E-state index contributed by atoms with van der Waals surface area (Å²) in [5.74, 6) is 0.743. The van der Waals surface area contributed by atoms with E-state index < -0.39 is 0 Å². The molecule has 0 aromatic carbocycles. The second-order valence-electron chi connectivity index (χ2n) is 2.77. The Labute approximate surface area is 56.1 Å². The summed E-state index contributed by atoms with van der Waals surface area (Å²) in [7, 11) is 1.93. The highest BCUT2D eigenvalue weighted by Gasteiger charge is 2.16. The van der Waals surface area contributed by atoms with E-state index in [-0.39, 0.29) is 0 Å². The van der Waals surface area contributed by atoms with Crippen molar-refractivity contribution >= 4 is 0 Å². The fourth-order valence-electron chi connectivity index (χ4n) is 1.31. The number of hydrogen-bond donors (Lipinski definition) is 2. The van der Waals surface area contributed by atoms with Gasteiger partial charge in [0.15, 0.2) is 0 Å². The second-order valence-corrected chi connectivity index (χ2v) is 2.77. The SMILES string of the molecule is CNC1=C(N)C[C@H](C)C1. The van der Waals surface area contributed by atoms with E-state index in [1.54, 1.807) is 0 Å². The molecule has 0 bridgehead atoms. The molecule has 0 aromatic heterocycles. The molecule has 0 spiro atoms. The molecule has 52 valence electrons. The van der Waals surface area contributed by atoms with Gasteiger partial charge in [-0.05, 0) is 18.8 Å². The van der Waals surface area contributed by atoms with Crippen molar-refractivity contribution in [1.29, 1.82) is 0 Å². The van der Waals surface area contributed by atoms with Crippen LogP contribution in [-0.4, -0.2) is 7.05 Å². The Morgan fingerprint density at radius 3 is 2.44 bits per heavy atom. The molecular weight excluding hydrogens is 112 g/mol. The van der Waals surface area contributed by atoms with Gasteiger partial charge in [0.2, 0.25) is 0 Å². The number of nitrogens with two attached hydrogens (primary N) is 1. The quantitative estimate of drug-likeness (QED) is 0.545. The summed E-state index contributed by atoms with van der Waals surface area (Å²) in [5.41, 5.74) is 7.98. The lowest BCUT2D eigenvalue weighted by Crippen LogP contribution is -2.08. The van der Waals surface area contributed by atoms with Crippen molar-refractivity contribution in [2.24, 2.45) is 11.7 Å². The maximum Gasteiger partial charge on any atom is 0.0297 e. The molecule has 1 rings (SSSR count). The molecule has 0 saturated carbocycles. The van der Waals surface area contributed by atoms with Gasteiger partial charge in [-0.25, -0.2) is 0 Å². The van der Waals surface area contributed by atoms with Crippen molar-refractivity contribution in [3.05, 3.63) is 11.4 Å². The van der Waals surface area contributed by atoms with Crippen LogP contribution < -0.4 is 11.1 Å². The minimum Gasteiger partial charge on any atom is -0.401 e. The maximum atomic E-state index is 5.70. The fourth-order valence-corrected chi connectivity index (χ4v) is 1.31. The van der Waals surface area contributed by atoms with Crippen molar-refractivity contribution < 1.29 is 0 Å². The lowest BCUT2D eigenvalue weighted by molar-refractivity contribution is 0.609. The van der Waals surface area contributed by atoms with Gasteiger partial charge in [-0.1, -0.05) is 6.92 Å². The summed E-state index contributed by atoms with van der Waals surface area (Å²) in [4.78, 5) is 0. The first kappa shape index (κ1) is 6.46. The predicted molar refractivity (Wildman–Crippen MR) is 38.7 cm³/mol. The van der Waals surface area contributed by atoms with Crippen LogP contribution in [0.2, 0.25) is 0 Å². The van der Waals surface area contributed by atoms with Crippen LogP contribution in [0.15, 0.2) is 11.4 Å². The molecule has 0 radical (unpaired) electrons. The van der Waals surface area contributed by atoms with E-state index in [1.165, 1.54) is 5.70 Å². The molecule has 0 amide bonds. The zero-order chi connectivity index (χ0) is 6.85. The molecular formula is C7H14N2. The largest absolute Gasteiger partial charge is 0.401 e. The summed E-state index contributed by atoms with van der Waals surface area (Å²) in [5, 5.41) is 3.10. The molecule has 1 aliphatic carbocycles. The summed E-state index contributed by atoms with van der Waals surface area (Å²) in [6.07, 6.45) is 2.19. The Kier molecular flexibility index (Phi) is 1.65. The number of rotatable bonds is 1. The zero-order valence-electron chi connectivity index (χ0n) is 6.07. The second kappa shape index (κ2) is 2.29. The van der Waals surface area contributed by atoms with Crippen molar-refractivity contribution in [3.8, 4) is 0 Å². The van der Waals surface area contributed by atoms with Crippen LogP contribution in [0.25, 0.3) is 0 Å². The third kappa shape index (κ3) is 1.18. The Bertz CT molecular complexity index is 138. The third-order valence-corrected chi connectivity index (χ3v) is 1.81. The van der Waals surface area contributed by atoms with Crippen LogP contribution in [0.5, 0.6) is 0 Å². The molecule has 0 aromatic rings. The Balaban J connectivity index is 2.58. The first-order valence-corrected chi connectivity index (χ1v) is 3.39. The molecule has 9 heavy (non-hydrogen) atoms. The normalized spacial score (nSPS) is 27.1. The van der Waals surface area contributed by atoms with Crippen molar-refractivity contribution in [1.82, 2.24) is 5.32 Å². The minimum absolute atomic E-state index is 0.743.